The molecule has 0 aliphatic carbocycles. The van der Waals surface area contributed by atoms with E-state index in [1.54, 1.807) is 38.4 Å². The molecule has 0 saturated carbocycles. The van der Waals surface area contributed by atoms with Gasteiger partial charge in [0.1, 0.15) is 6.54 Å². The van der Waals surface area contributed by atoms with E-state index in [1.165, 1.54) is 9.80 Å². The molecule has 1 aliphatic rings. The molecule has 0 fully saturated rings. The van der Waals surface area contributed by atoms with Crippen molar-refractivity contribution in [3.8, 4) is 5.75 Å². The van der Waals surface area contributed by atoms with E-state index in [9.17, 15) is 9.59 Å². The zero-order chi connectivity index (χ0) is 18.8. The van der Waals surface area contributed by atoms with Gasteiger partial charge in [-0.25, -0.2) is 0 Å². The maximum absolute atomic E-state index is 13.0. The number of carbonyl (C=O) groups is 2. The predicted octanol–water partition coefficient (Wildman–Crippen LogP) is 2.43. The fourth-order valence-electron chi connectivity index (χ4n) is 2.68. The van der Waals surface area contributed by atoms with E-state index in [2.05, 4.69) is 0 Å². The summed E-state index contributed by atoms with van der Waals surface area (Å²) < 4.78 is 5.81. The van der Waals surface area contributed by atoms with Crippen molar-refractivity contribution < 1.29 is 14.3 Å². The van der Waals surface area contributed by atoms with Crippen LogP contribution in [0, 0.1) is 6.92 Å². The van der Waals surface area contributed by atoms with E-state index in [0.29, 0.717) is 17.1 Å². The second-order valence-corrected chi connectivity index (χ2v) is 6.43. The summed E-state index contributed by atoms with van der Waals surface area (Å²) in [6.45, 7) is 1.90. The van der Waals surface area contributed by atoms with Crippen molar-refractivity contribution in [3.05, 3.63) is 59.4 Å². The Hall–Kier alpha value is -3.28. The Bertz CT molecular complexity index is 903. The van der Waals surface area contributed by atoms with Crippen molar-refractivity contribution >= 4 is 29.3 Å². The highest BCUT2D eigenvalue weighted by atomic mass is 16.5. The zero-order valence-corrected chi connectivity index (χ0v) is 15.0. The highest BCUT2D eigenvalue weighted by Gasteiger charge is 2.32. The third kappa shape index (κ3) is 3.54. The molecule has 0 radical (unpaired) electrons. The fourth-order valence-corrected chi connectivity index (χ4v) is 2.68. The number of ether oxygens (including phenoxy) is 1. The Balaban J connectivity index is 2.04. The van der Waals surface area contributed by atoms with Gasteiger partial charge in [-0.15, -0.1) is 0 Å². The lowest BCUT2D eigenvalue weighted by atomic mass is 10.1. The standard InChI is InChI=1S/C20H21N3O3/c1-13-5-4-6-14(9-13)10-18-20(25)23(12-19(24)22(2)3)16-8-7-15(21)11-17(16)26-18/h4-11H,12,21H2,1-3H3/b18-10+. The van der Waals surface area contributed by atoms with Crippen molar-refractivity contribution in [2.45, 2.75) is 6.92 Å². The highest BCUT2D eigenvalue weighted by Crippen LogP contribution is 2.37. The molecular formula is C20H21N3O3. The molecule has 2 N–H and O–H groups in total. The third-order valence-electron chi connectivity index (χ3n) is 4.08. The van der Waals surface area contributed by atoms with Gasteiger partial charge < -0.3 is 15.4 Å². The number of hydrogen-bond donors (Lipinski definition) is 1. The third-order valence-corrected chi connectivity index (χ3v) is 4.08. The van der Waals surface area contributed by atoms with Crippen LogP contribution in [0.15, 0.2) is 48.2 Å². The molecule has 6 nitrogen and oxygen atoms in total. The summed E-state index contributed by atoms with van der Waals surface area (Å²) in [4.78, 5) is 28.0. The molecule has 26 heavy (non-hydrogen) atoms. The summed E-state index contributed by atoms with van der Waals surface area (Å²) in [7, 11) is 3.31. The molecule has 0 unspecified atom stereocenters. The number of likely N-dealkylation sites (N-methyl/N-ethyl adjacent to an activating group) is 1. The van der Waals surface area contributed by atoms with E-state index < -0.39 is 0 Å². The number of rotatable bonds is 3. The first-order valence-corrected chi connectivity index (χ1v) is 8.23. The quantitative estimate of drug-likeness (QED) is 0.681. The number of nitrogens with two attached hydrogens (primary N) is 1. The first-order chi connectivity index (χ1) is 12.3. The van der Waals surface area contributed by atoms with Crippen LogP contribution in [0.2, 0.25) is 0 Å². The average Bonchev–Trinajstić information content (AvgIpc) is 2.58. The van der Waals surface area contributed by atoms with Crippen LogP contribution in [-0.2, 0) is 9.59 Å². The molecule has 3 rings (SSSR count). The lowest BCUT2D eigenvalue weighted by Gasteiger charge is -2.31. The molecule has 2 amide bonds. The van der Waals surface area contributed by atoms with Gasteiger partial charge in [0.05, 0.1) is 5.69 Å². The zero-order valence-electron chi connectivity index (χ0n) is 15.0. The van der Waals surface area contributed by atoms with Gasteiger partial charge in [0.15, 0.2) is 11.5 Å². The number of amides is 2. The van der Waals surface area contributed by atoms with Crippen LogP contribution < -0.4 is 15.4 Å². The van der Waals surface area contributed by atoms with Crippen molar-refractivity contribution in [1.29, 1.82) is 0 Å². The Morgan fingerprint density at radius 3 is 2.69 bits per heavy atom. The molecule has 1 aliphatic heterocycles. The van der Waals surface area contributed by atoms with E-state index in [0.717, 1.165) is 11.1 Å². The van der Waals surface area contributed by atoms with E-state index in [1.807, 2.05) is 31.2 Å². The number of nitrogens with zero attached hydrogens (tertiary/aromatic N) is 2. The highest BCUT2D eigenvalue weighted by molar-refractivity contribution is 6.12. The van der Waals surface area contributed by atoms with Gasteiger partial charge in [0.2, 0.25) is 5.91 Å². The molecule has 2 aromatic carbocycles. The lowest BCUT2D eigenvalue weighted by molar-refractivity contribution is -0.129. The normalized spacial score (nSPS) is 14.8. The Morgan fingerprint density at radius 1 is 1.23 bits per heavy atom. The van der Waals surface area contributed by atoms with Gasteiger partial charge in [-0.2, -0.15) is 0 Å². The van der Waals surface area contributed by atoms with E-state index in [4.69, 9.17) is 10.5 Å². The summed E-state index contributed by atoms with van der Waals surface area (Å²) in [6, 6.07) is 12.7. The van der Waals surface area contributed by atoms with Crippen molar-refractivity contribution in [2.75, 3.05) is 31.3 Å². The molecule has 0 atom stereocenters. The topological polar surface area (TPSA) is 75.9 Å². The molecule has 0 aromatic heterocycles. The number of fused-ring (bicyclic) bond motifs is 1. The number of benzene rings is 2. The van der Waals surface area contributed by atoms with Crippen LogP contribution in [0.5, 0.6) is 5.75 Å². The summed E-state index contributed by atoms with van der Waals surface area (Å²) >= 11 is 0. The number of carbonyl (C=O) groups excluding carboxylic acids is 2. The van der Waals surface area contributed by atoms with Crippen LogP contribution in [0.25, 0.3) is 6.08 Å². The monoisotopic (exact) mass is 351 g/mol. The molecule has 6 heteroatoms. The molecular weight excluding hydrogens is 330 g/mol. The first kappa shape index (κ1) is 17.5. The van der Waals surface area contributed by atoms with Crippen LogP contribution >= 0.6 is 0 Å². The second kappa shape index (κ2) is 6.92. The van der Waals surface area contributed by atoms with Crippen molar-refractivity contribution in [1.82, 2.24) is 4.90 Å². The molecule has 1 heterocycles. The van der Waals surface area contributed by atoms with E-state index in [-0.39, 0.29) is 24.1 Å². The largest absolute Gasteiger partial charge is 0.449 e. The number of hydrogen-bond acceptors (Lipinski definition) is 4. The van der Waals surface area contributed by atoms with Gasteiger partial charge >= 0.3 is 0 Å². The van der Waals surface area contributed by atoms with Crippen LogP contribution in [-0.4, -0.2) is 37.4 Å². The van der Waals surface area contributed by atoms with Crippen molar-refractivity contribution in [2.24, 2.45) is 0 Å². The second-order valence-electron chi connectivity index (χ2n) is 6.43. The first-order valence-electron chi connectivity index (χ1n) is 8.23. The fraction of sp³-hybridized carbons (Fsp3) is 0.200. The van der Waals surface area contributed by atoms with E-state index >= 15 is 0 Å². The van der Waals surface area contributed by atoms with Gasteiger partial charge in [0, 0.05) is 25.8 Å². The SMILES string of the molecule is Cc1cccc(/C=C2/Oc3cc(N)ccc3N(CC(=O)N(C)C)C2=O)c1. The van der Waals surface area contributed by atoms with Gasteiger partial charge in [-0.3, -0.25) is 14.5 Å². The molecule has 2 aromatic rings. The summed E-state index contributed by atoms with van der Waals surface area (Å²) in [5.74, 6) is 0.0622. The summed E-state index contributed by atoms with van der Waals surface area (Å²) in [5.41, 5.74) is 8.82. The number of aryl methyl sites for hydroxylation is 1. The predicted molar refractivity (Wildman–Crippen MR) is 102 cm³/mol. The molecule has 0 spiro atoms. The number of nitrogen functional groups attached to an aromatic ring is 1. The number of anilines is 2. The smallest absolute Gasteiger partial charge is 0.294 e. The minimum absolute atomic E-state index is 0.0722. The van der Waals surface area contributed by atoms with Crippen LogP contribution in [0.4, 0.5) is 11.4 Å². The van der Waals surface area contributed by atoms with Gasteiger partial charge in [-0.05, 0) is 30.7 Å². The lowest BCUT2D eigenvalue weighted by Crippen LogP contribution is -2.43. The molecule has 134 valence electrons. The minimum Gasteiger partial charge on any atom is -0.449 e. The van der Waals surface area contributed by atoms with Crippen LogP contribution in [0.1, 0.15) is 11.1 Å². The Labute approximate surface area is 152 Å². The maximum atomic E-state index is 13.0. The average molecular weight is 351 g/mol. The minimum atomic E-state index is -0.362. The Morgan fingerprint density at radius 2 is 2.00 bits per heavy atom. The van der Waals surface area contributed by atoms with Gasteiger partial charge in [0.25, 0.3) is 5.91 Å². The van der Waals surface area contributed by atoms with Gasteiger partial charge in [-0.1, -0.05) is 29.8 Å². The molecule has 0 saturated heterocycles. The molecule has 0 bridgehead atoms. The maximum Gasteiger partial charge on any atom is 0.294 e. The van der Waals surface area contributed by atoms with Crippen molar-refractivity contribution in [3.63, 3.8) is 0 Å². The Kier molecular flexibility index (Phi) is 4.67. The summed E-state index contributed by atoms with van der Waals surface area (Å²) in [6.07, 6.45) is 1.68. The van der Waals surface area contributed by atoms with Crippen LogP contribution in [0.3, 0.4) is 0 Å². The summed E-state index contributed by atoms with van der Waals surface area (Å²) in [5, 5.41) is 0.